The highest BCUT2D eigenvalue weighted by atomic mass is 35.5. The summed E-state index contributed by atoms with van der Waals surface area (Å²) < 4.78 is 15.4. The Hall–Kier alpha value is -1.42. The summed E-state index contributed by atoms with van der Waals surface area (Å²) in [5.41, 5.74) is 1.60. The van der Waals surface area contributed by atoms with Gasteiger partial charge >= 0.3 is 0 Å². The van der Waals surface area contributed by atoms with E-state index in [1.807, 2.05) is 17.6 Å². The highest BCUT2D eigenvalue weighted by molar-refractivity contribution is 6.16. The zero-order valence-electron chi connectivity index (χ0n) is 10.5. The molecule has 0 unspecified atom stereocenters. The van der Waals surface area contributed by atoms with Crippen LogP contribution in [0.1, 0.15) is 24.7 Å². The van der Waals surface area contributed by atoms with E-state index < -0.39 is 0 Å². The second-order valence-electron chi connectivity index (χ2n) is 4.24. The molecule has 96 valence electrons. The third-order valence-corrected chi connectivity index (χ3v) is 2.93. The lowest BCUT2D eigenvalue weighted by Gasteiger charge is -2.08. The van der Waals surface area contributed by atoms with Crippen molar-refractivity contribution in [3.63, 3.8) is 0 Å². The summed E-state index contributed by atoms with van der Waals surface area (Å²) in [5.74, 6) is 1.44. The van der Waals surface area contributed by atoms with E-state index in [9.17, 15) is 4.39 Å². The molecule has 3 nitrogen and oxygen atoms in total. The Morgan fingerprint density at radius 1 is 1.28 bits per heavy atom. The Balaban J connectivity index is 2.52. The number of nitrogens with zero attached hydrogens (tertiary/aromatic N) is 3. The highest BCUT2D eigenvalue weighted by Gasteiger charge is 2.13. The van der Waals surface area contributed by atoms with E-state index in [-0.39, 0.29) is 5.82 Å². The summed E-state index contributed by atoms with van der Waals surface area (Å²) in [6.07, 6.45) is 0.948. The molecule has 1 aromatic heterocycles. The Kier molecular flexibility index (Phi) is 3.97. The van der Waals surface area contributed by atoms with Gasteiger partial charge in [-0.3, -0.25) is 0 Å². The molecule has 0 N–H and O–H groups in total. The number of aryl methyl sites for hydroxylation is 1. The maximum atomic E-state index is 13.4. The molecule has 5 heteroatoms. The van der Waals surface area contributed by atoms with Crippen LogP contribution in [0.2, 0.25) is 0 Å². The highest BCUT2D eigenvalue weighted by Crippen LogP contribution is 2.22. The number of rotatable bonds is 4. The van der Waals surface area contributed by atoms with Crippen molar-refractivity contribution in [1.29, 1.82) is 0 Å². The van der Waals surface area contributed by atoms with Gasteiger partial charge in [0.25, 0.3) is 0 Å². The van der Waals surface area contributed by atoms with Crippen molar-refractivity contribution >= 4 is 11.6 Å². The summed E-state index contributed by atoms with van der Waals surface area (Å²) in [4.78, 5) is 0. The zero-order valence-corrected chi connectivity index (χ0v) is 11.2. The average molecular weight is 268 g/mol. The van der Waals surface area contributed by atoms with E-state index in [0.717, 1.165) is 29.9 Å². The Labute approximate surface area is 111 Å². The van der Waals surface area contributed by atoms with Gasteiger partial charge in [-0.2, -0.15) is 0 Å². The number of hydrogen-bond acceptors (Lipinski definition) is 2. The van der Waals surface area contributed by atoms with Crippen LogP contribution in [0.4, 0.5) is 4.39 Å². The van der Waals surface area contributed by atoms with Crippen LogP contribution in [-0.4, -0.2) is 14.8 Å². The molecule has 0 aliphatic carbocycles. The normalized spacial score (nSPS) is 10.9. The topological polar surface area (TPSA) is 30.7 Å². The van der Waals surface area contributed by atoms with Crippen molar-refractivity contribution in [3.05, 3.63) is 35.4 Å². The lowest BCUT2D eigenvalue weighted by atomic mass is 10.1. The van der Waals surface area contributed by atoms with E-state index in [1.165, 1.54) is 12.1 Å². The molecule has 0 bridgehead atoms. The minimum absolute atomic E-state index is 0.261. The predicted octanol–water partition coefficient (Wildman–Crippen LogP) is 3.54. The van der Waals surface area contributed by atoms with Gasteiger partial charge in [0, 0.05) is 12.1 Å². The molecule has 2 rings (SSSR count). The standard InChI is InChI=1S/C13H15ClFN3/c1-3-4-18-12(8-14)16-17-13(18)10-5-9(2)6-11(15)7-10/h5-7H,3-4,8H2,1-2H3. The van der Waals surface area contributed by atoms with Crippen molar-refractivity contribution < 1.29 is 4.39 Å². The molecule has 0 saturated carbocycles. The molecule has 0 amide bonds. The van der Waals surface area contributed by atoms with E-state index >= 15 is 0 Å². The number of benzene rings is 1. The number of aromatic nitrogens is 3. The second kappa shape index (κ2) is 5.48. The van der Waals surface area contributed by atoms with Gasteiger partial charge in [-0.1, -0.05) is 6.92 Å². The monoisotopic (exact) mass is 267 g/mol. The third-order valence-electron chi connectivity index (χ3n) is 2.69. The fourth-order valence-corrected chi connectivity index (χ4v) is 2.17. The largest absolute Gasteiger partial charge is 0.310 e. The van der Waals surface area contributed by atoms with Gasteiger partial charge in [-0.15, -0.1) is 21.8 Å². The van der Waals surface area contributed by atoms with Crippen molar-refractivity contribution in [3.8, 4) is 11.4 Å². The van der Waals surface area contributed by atoms with Crippen LogP contribution in [0.25, 0.3) is 11.4 Å². The Bertz CT molecular complexity index is 531. The molecular formula is C13H15ClFN3. The summed E-state index contributed by atoms with van der Waals surface area (Å²) >= 11 is 5.83. The van der Waals surface area contributed by atoms with Gasteiger partial charge in [0.15, 0.2) is 5.82 Å². The van der Waals surface area contributed by atoms with Gasteiger partial charge < -0.3 is 4.57 Å². The quantitative estimate of drug-likeness (QED) is 0.794. The molecule has 18 heavy (non-hydrogen) atoms. The maximum Gasteiger partial charge on any atom is 0.164 e. The van der Waals surface area contributed by atoms with Gasteiger partial charge in [0.2, 0.25) is 0 Å². The molecule has 0 aliphatic heterocycles. The van der Waals surface area contributed by atoms with Crippen LogP contribution in [0.15, 0.2) is 18.2 Å². The Morgan fingerprint density at radius 2 is 2.06 bits per heavy atom. The molecule has 2 aromatic rings. The number of halogens is 2. The molecule has 0 saturated heterocycles. The summed E-state index contributed by atoms with van der Waals surface area (Å²) in [7, 11) is 0. The Morgan fingerprint density at radius 3 is 2.67 bits per heavy atom. The zero-order chi connectivity index (χ0) is 13.1. The minimum Gasteiger partial charge on any atom is -0.310 e. The van der Waals surface area contributed by atoms with Crippen molar-refractivity contribution in [1.82, 2.24) is 14.8 Å². The van der Waals surface area contributed by atoms with Gasteiger partial charge in [0.1, 0.15) is 11.6 Å². The second-order valence-corrected chi connectivity index (χ2v) is 4.51. The predicted molar refractivity (Wildman–Crippen MR) is 70.0 cm³/mol. The first-order chi connectivity index (χ1) is 8.65. The molecule has 0 spiro atoms. The summed E-state index contributed by atoms with van der Waals surface area (Å²) in [6, 6.07) is 4.87. The first-order valence-corrected chi connectivity index (χ1v) is 6.44. The number of hydrogen-bond donors (Lipinski definition) is 0. The van der Waals surface area contributed by atoms with E-state index in [1.54, 1.807) is 0 Å². The van der Waals surface area contributed by atoms with Crippen molar-refractivity contribution in [2.45, 2.75) is 32.7 Å². The van der Waals surface area contributed by atoms with E-state index in [4.69, 9.17) is 11.6 Å². The molecule has 0 aliphatic rings. The first kappa shape index (κ1) is 13.0. The van der Waals surface area contributed by atoms with Crippen molar-refractivity contribution in [2.24, 2.45) is 0 Å². The molecule has 1 aromatic carbocycles. The first-order valence-electron chi connectivity index (χ1n) is 5.91. The number of alkyl halides is 1. The molecule has 0 radical (unpaired) electrons. The van der Waals surface area contributed by atoms with Crippen LogP contribution in [0, 0.1) is 12.7 Å². The minimum atomic E-state index is -0.261. The van der Waals surface area contributed by atoms with Crippen LogP contribution in [0.3, 0.4) is 0 Å². The van der Waals surface area contributed by atoms with Gasteiger partial charge in [-0.25, -0.2) is 4.39 Å². The van der Waals surface area contributed by atoms with E-state index in [2.05, 4.69) is 17.1 Å². The SMILES string of the molecule is CCCn1c(CCl)nnc1-c1cc(C)cc(F)c1. The van der Waals surface area contributed by atoms with Crippen LogP contribution >= 0.6 is 11.6 Å². The lowest BCUT2D eigenvalue weighted by molar-refractivity contribution is 0.625. The molecule has 0 atom stereocenters. The van der Waals surface area contributed by atoms with Gasteiger partial charge in [-0.05, 0) is 37.1 Å². The van der Waals surface area contributed by atoms with Crippen molar-refractivity contribution in [2.75, 3.05) is 0 Å². The van der Waals surface area contributed by atoms with Crippen LogP contribution < -0.4 is 0 Å². The maximum absolute atomic E-state index is 13.4. The molecular weight excluding hydrogens is 253 g/mol. The lowest BCUT2D eigenvalue weighted by Crippen LogP contribution is -2.04. The summed E-state index contributed by atoms with van der Waals surface area (Å²) in [5, 5.41) is 8.17. The van der Waals surface area contributed by atoms with E-state index in [0.29, 0.717) is 11.7 Å². The smallest absolute Gasteiger partial charge is 0.164 e. The average Bonchev–Trinajstić information content (AvgIpc) is 2.71. The van der Waals surface area contributed by atoms with Crippen LogP contribution in [0.5, 0.6) is 0 Å². The van der Waals surface area contributed by atoms with Crippen LogP contribution in [-0.2, 0) is 12.4 Å². The fraction of sp³-hybridized carbons (Fsp3) is 0.385. The van der Waals surface area contributed by atoms with Gasteiger partial charge in [0.05, 0.1) is 5.88 Å². The molecule has 1 heterocycles. The molecule has 0 fully saturated rings. The summed E-state index contributed by atoms with van der Waals surface area (Å²) in [6.45, 7) is 4.70. The third kappa shape index (κ3) is 2.53. The fourth-order valence-electron chi connectivity index (χ4n) is 1.97.